The number of carbonyl (C=O) groups is 1. The smallest absolute Gasteiger partial charge is 0.227 e. The van der Waals surface area contributed by atoms with E-state index in [4.69, 9.17) is 9.47 Å². The number of rotatable bonds is 4. The topological polar surface area (TPSA) is 73.3 Å². The molecular formula is C19H21N3O3. The summed E-state index contributed by atoms with van der Waals surface area (Å²) in [5.74, 6) is 1.89. The molecule has 2 aromatic rings. The lowest BCUT2D eigenvalue weighted by Gasteiger charge is -2.25. The molecule has 0 saturated heterocycles. The van der Waals surface area contributed by atoms with Crippen molar-refractivity contribution >= 4 is 5.91 Å². The predicted octanol–water partition coefficient (Wildman–Crippen LogP) is 1.84. The molecule has 6 heteroatoms. The van der Waals surface area contributed by atoms with Gasteiger partial charge in [0.05, 0.1) is 19.6 Å². The van der Waals surface area contributed by atoms with E-state index in [9.17, 15) is 4.79 Å². The highest BCUT2D eigenvalue weighted by molar-refractivity contribution is 5.79. The number of aromatic nitrogens is 2. The SMILES string of the molecule is COc1cccc2c1OC[C@@H](C(=O)NCc1ncc3c(n1)CCC3)C2. The molecule has 0 spiro atoms. The van der Waals surface area contributed by atoms with Crippen LogP contribution in [0, 0.1) is 5.92 Å². The summed E-state index contributed by atoms with van der Waals surface area (Å²) in [5.41, 5.74) is 3.36. The molecule has 0 saturated carbocycles. The molecule has 6 nitrogen and oxygen atoms in total. The lowest BCUT2D eigenvalue weighted by Crippen LogP contribution is -2.37. The summed E-state index contributed by atoms with van der Waals surface area (Å²) in [5, 5.41) is 2.94. The van der Waals surface area contributed by atoms with E-state index in [1.54, 1.807) is 7.11 Å². The average Bonchev–Trinajstić information content (AvgIpc) is 3.12. The van der Waals surface area contributed by atoms with Crippen LogP contribution in [-0.2, 0) is 30.6 Å². The van der Waals surface area contributed by atoms with Gasteiger partial charge in [-0.05, 0) is 42.9 Å². The number of aryl methyl sites for hydroxylation is 2. The highest BCUT2D eigenvalue weighted by Gasteiger charge is 2.27. The Morgan fingerprint density at radius 1 is 1.36 bits per heavy atom. The van der Waals surface area contributed by atoms with Crippen molar-refractivity contribution in [2.45, 2.75) is 32.2 Å². The van der Waals surface area contributed by atoms with E-state index in [0.29, 0.717) is 31.1 Å². The zero-order chi connectivity index (χ0) is 17.2. The van der Waals surface area contributed by atoms with Crippen molar-refractivity contribution in [1.82, 2.24) is 15.3 Å². The van der Waals surface area contributed by atoms with Gasteiger partial charge >= 0.3 is 0 Å². The van der Waals surface area contributed by atoms with Gasteiger partial charge in [0.25, 0.3) is 0 Å². The van der Waals surface area contributed by atoms with E-state index in [-0.39, 0.29) is 11.8 Å². The van der Waals surface area contributed by atoms with Crippen molar-refractivity contribution < 1.29 is 14.3 Å². The molecule has 1 amide bonds. The molecule has 1 aliphatic heterocycles. The zero-order valence-corrected chi connectivity index (χ0v) is 14.2. The minimum atomic E-state index is -0.214. The number of carbonyl (C=O) groups excluding carboxylic acids is 1. The molecule has 2 aliphatic rings. The lowest BCUT2D eigenvalue weighted by atomic mass is 9.95. The van der Waals surface area contributed by atoms with Crippen molar-refractivity contribution in [2.75, 3.05) is 13.7 Å². The molecule has 2 heterocycles. The quantitative estimate of drug-likeness (QED) is 0.920. The number of hydrogen-bond donors (Lipinski definition) is 1. The van der Waals surface area contributed by atoms with Gasteiger partial charge in [0.2, 0.25) is 5.91 Å². The van der Waals surface area contributed by atoms with E-state index < -0.39 is 0 Å². The van der Waals surface area contributed by atoms with Gasteiger partial charge in [0, 0.05) is 11.9 Å². The molecule has 0 fully saturated rings. The number of benzene rings is 1. The van der Waals surface area contributed by atoms with Crippen LogP contribution in [0.1, 0.15) is 29.1 Å². The second-order valence-corrected chi connectivity index (χ2v) is 6.49. The largest absolute Gasteiger partial charge is 0.493 e. The van der Waals surface area contributed by atoms with E-state index >= 15 is 0 Å². The number of fused-ring (bicyclic) bond motifs is 2. The number of nitrogens with one attached hydrogen (secondary N) is 1. The highest BCUT2D eigenvalue weighted by Crippen LogP contribution is 2.36. The normalized spacial score (nSPS) is 18.0. The number of ether oxygens (including phenoxy) is 2. The number of amides is 1. The van der Waals surface area contributed by atoms with Gasteiger partial charge < -0.3 is 14.8 Å². The van der Waals surface area contributed by atoms with E-state index in [1.165, 1.54) is 5.56 Å². The Labute approximate surface area is 146 Å². The second kappa shape index (κ2) is 6.70. The van der Waals surface area contributed by atoms with Crippen LogP contribution in [0.5, 0.6) is 11.5 Å². The Hall–Kier alpha value is -2.63. The summed E-state index contributed by atoms with van der Waals surface area (Å²) in [6.07, 6.45) is 5.74. The van der Waals surface area contributed by atoms with Gasteiger partial charge in [0.1, 0.15) is 12.4 Å². The molecule has 0 unspecified atom stereocenters. The fourth-order valence-electron chi connectivity index (χ4n) is 3.47. The number of hydrogen-bond acceptors (Lipinski definition) is 5. The molecule has 1 N–H and O–H groups in total. The first-order valence-electron chi connectivity index (χ1n) is 8.64. The molecule has 1 aliphatic carbocycles. The Kier molecular flexibility index (Phi) is 4.26. The van der Waals surface area contributed by atoms with Gasteiger partial charge in [-0.2, -0.15) is 0 Å². The molecule has 1 aromatic heterocycles. The maximum absolute atomic E-state index is 12.5. The fourth-order valence-corrected chi connectivity index (χ4v) is 3.47. The maximum atomic E-state index is 12.5. The van der Waals surface area contributed by atoms with Crippen molar-refractivity contribution in [3.05, 3.63) is 47.0 Å². The first-order chi connectivity index (χ1) is 12.2. The van der Waals surface area contributed by atoms with Gasteiger partial charge in [-0.25, -0.2) is 9.97 Å². The van der Waals surface area contributed by atoms with E-state index in [2.05, 4.69) is 15.3 Å². The van der Waals surface area contributed by atoms with Crippen LogP contribution in [0.15, 0.2) is 24.4 Å². The molecule has 1 atom stereocenters. The first kappa shape index (κ1) is 15.9. The highest BCUT2D eigenvalue weighted by atomic mass is 16.5. The summed E-state index contributed by atoms with van der Waals surface area (Å²) < 4.78 is 11.1. The summed E-state index contributed by atoms with van der Waals surface area (Å²) in [7, 11) is 1.62. The molecular weight excluding hydrogens is 318 g/mol. The fraction of sp³-hybridized carbons (Fsp3) is 0.421. The molecule has 1 aromatic carbocycles. The van der Waals surface area contributed by atoms with E-state index in [0.717, 1.165) is 36.3 Å². The monoisotopic (exact) mass is 339 g/mol. The first-order valence-corrected chi connectivity index (χ1v) is 8.64. The zero-order valence-electron chi connectivity index (χ0n) is 14.2. The van der Waals surface area contributed by atoms with Crippen LogP contribution in [0.3, 0.4) is 0 Å². The van der Waals surface area contributed by atoms with Crippen LogP contribution in [0.2, 0.25) is 0 Å². The van der Waals surface area contributed by atoms with Crippen LogP contribution >= 0.6 is 0 Å². The number of nitrogens with zero attached hydrogens (tertiary/aromatic N) is 2. The van der Waals surface area contributed by atoms with Crippen LogP contribution in [0.25, 0.3) is 0 Å². The molecule has 130 valence electrons. The minimum Gasteiger partial charge on any atom is -0.493 e. The number of methoxy groups -OCH3 is 1. The van der Waals surface area contributed by atoms with Crippen molar-refractivity contribution in [3.63, 3.8) is 0 Å². The molecule has 0 bridgehead atoms. The Morgan fingerprint density at radius 2 is 2.28 bits per heavy atom. The van der Waals surface area contributed by atoms with Crippen molar-refractivity contribution in [3.8, 4) is 11.5 Å². The van der Waals surface area contributed by atoms with Crippen LogP contribution in [-0.4, -0.2) is 29.6 Å². The maximum Gasteiger partial charge on any atom is 0.227 e. The van der Waals surface area contributed by atoms with Crippen LogP contribution in [0.4, 0.5) is 0 Å². The van der Waals surface area contributed by atoms with Crippen LogP contribution < -0.4 is 14.8 Å². The van der Waals surface area contributed by atoms with Crippen molar-refractivity contribution in [2.24, 2.45) is 5.92 Å². The van der Waals surface area contributed by atoms with Gasteiger partial charge in [-0.3, -0.25) is 4.79 Å². The Morgan fingerprint density at radius 3 is 3.16 bits per heavy atom. The van der Waals surface area contributed by atoms with Crippen molar-refractivity contribution in [1.29, 1.82) is 0 Å². The third-order valence-electron chi connectivity index (χ3n) is 4.83. The molecule has 4 rings (SSSR count). The summed E-state index contributed by atoms with van der Waals surface area (Å²) >= 11 is 0. The number of para-hydroxylation sites is 1. The third-order valence-corrected chi connectivity index (χ3v) is 4.83. The summed E-state index contributed by atoms with van der Waals surface area (Å²) in [6, 6.07) is 5.75. The summed E-state index contributed by atoms with van der Waals surface area (Å²) in [4.78, 5) is 21.4. The van der Waals surface area contributed by atoms with Gasteiger partial charge in [-0.15, -0.1) is 0 Å². The third kappa shape index (κ3) is 3.16. The average molecular weight is 339 g/mol. The Balaban J connectivity index is 1.39. The standard InChI is InChI=1S/C19H21N3O3/c1-24-16-7-3-4-12-8-14(11-25-18(12)16)19(23)21-10-17-20-9-13-5-2-6-15(13)22-17/h3-4,7,9,14H,2,5-6,8,10-11H2,1H3,(H,21,23)/t14-/m0/s1. The summed E-state index contributed by atoms with van der Waals surface area (Å²) in [6.45, 7) is 0.706. The second-order valence-electron chi connectivity index (χ2n) is 6.49. The lowest BCUT2D eigenvalue weighted by molar-refractivity contribution is -0.126. The Bertz CT molecular complexity index is 806. The predicted molar refractivity (Wildman–Crippen MR) is 91.6 cm³/mol. The molecule has 25 heavy (non-hydrogen) atoms. The van der Waals surface area contributed by atoms with Gasteiger partial charge in [-0.1, -0.05) is 12.1 Å². The van der Waals surface area contributed by atoms with Gasteiger partial charge in [0.15, 0.2) is 11.5 Å². The van der Waals surface area contributed by atoms with E-state index in [1.807, 2.05) is 24.4 Å². The minimum absolute atomic E-state index is 0.0300. The molecule has 0 radical (unpaired) electrons.